The molecule has 0 aliphatic carbocycles. The molecule has 0 spiro atoms. The van der Waals surface area contributed by atoms with E-state index in [0.29, 0.717) is 11.4 Å². The smallest absolute Gasteiger partial charge is 0.121 e. The van der Waals surface area contributed by atoms with Crippen LogP contribution >= 0.6 is 0 Å². The van der Waals surface area contributed by atoms with E-state index in [4.69, 9.17) is 10.3 Å². The summed E-state index contributed by atoms with van der Waals surface area (Å²) in [6, 6.07) is 6.46. The van der Waals surface area contributed by atoms with Gasteiger partial charge in [-0.3, -0.25) is 0 Å². The number of hydrogen-bond donors (Lipinski definition) is 0. The Hall–Kier alpha value is -2.07. The monoisotopic (exact) mass is 192 g/mol. The van der Waals surface area contributed by atoms with E-state index in [9.17, 15) is 4.91 Å². The summed E-state index contributed by atoms with van der Waals surface area (Å²) in [7, 11) is 0. The van der Waals surface area contributed by atoms with Crippen molar-refractivity contribution in [2.75, 3.05) is 13.2 Å². The first-order chi connectivity index (χ1) is 6.86. The highest BCUT2D eigenvalue weighted by Gasteiger charge is 1.95. The van der Waals surface area contributed by atoms with Crippen molar-refractivity contribution in [3.05, 3.63) is 39.6 Å². The van der Waals surface area contributed by atoms with Crippen molar-refractivity contribution in [1.29, 1.82) is 0 Å². The van der Waals surface area contributed by atoms with Crippen LogP contribution in [0, 0.1) is 4.91 Å². The first-order valence-electron chi connectivity index (χ1n) is 3.94. The van der Waals surface area contributed by atoms with Gasteiger partial charge < -0.3 is 4.74 Å². The molecule has 0 radical (unpaired) electrons. The average molecular weight is 192 g/mol. The Morgan fingerprint density at radius 3 is 3.07 bits per heavy atom. The summed E-state index contributed by atoms with van der Waals surface area (Å²) in [4.78, 5) is 12.7. The van der Waals surface area contributed by atoms with Gasteiger partial charge in [0.1, 0.15) is 11.4 Å². The Kier molecular flexibility index (Phi) is 3.97. The third kappa shape index (κ3) is 3.12. The molecule has 0 aromatic heterocycles. The van der Waals surface area contributed by atoms with Gasteiger partial charge in [-0.15, -0.1) is 4.91 Å². The molecule has 14 heavy (non-hydrogen) atoms. The molecule has 0 aliphatic rings. The minimum Gasteiger partial charge on any atom is -0.493 e. The Labute approximate surface area is 80.1 Å². The van der Waals surface area contributed by atoms with Gasteiger partial charge in [0.25, 0.3) is 0 Å². The molecule has 1 aromatic rings. The summed E-state index contributed by atoms with van der Waals surface area (Å²) in [5, 5.41) is 6.06. The van der Waals surface area contributed by atoms with Gasteiger partial charge in [-0.2, -0.15) is 0 Å². The molecule has 0 heterocycles. The molecule has 0 aliphatic heterocycles. The van der Waals surface area contributed by atoms with E-state index in [1.54, 1.807) is 18.2 Å². The number of nitrogens with zero attached hydrogens (tertiary/aromatic N) is 4. The van der Waals surface area contributed by atoms with Gasteiger partial charge in [0.2, 0.25) is 0 Å². The van der Waals surface area contributed by atoms with Gasteiger partial charge in [0.15, 0.2) is 0 Å². The van der Waals surface area contributed by atoms with E-state index in [-0.39, 0.29) is 13.2 Å². The molecule has 1 rings (SSSR count). The minimum absolute atomic E-state index is 0.259. The highest BCUT2D eigenvalue weighted by Crippen LogP contribution is 2.19. The molecule has 0 atom stereocenters. The summed E-state index contributed by atoms with van der Waals surface area (Å²) in [6.45, 7) is 0.543. The van der Waals surface area contributed by atoms with Gasteiger partial charge >= 0.3 is 0 Å². The standard InChI is InChI=1S/C8H8N4O2/c9-12-10-4-5-14-8-3-1-2-7(6-8)11-13/h1-3,6H,4-5H2. The van der Waals surface area contributed by atoms with Crippen LogP contribution in [0.4, 0.5) is 5.69 Å². The zero-order chi connectivity index (χ0) is 10.2. The molecule has 0 bridgehead atoms. The van der Waals surface area contributed by atoms with Crippen molar-refractivity contribution in [3.63, 3.8) is 0 Å². The van der Waals surface area contributed by atoms with Crippen molar-refractivity contribution in [1.82, 2.24) is 0 Å². The van der Waals surface area contributed by atoms with Crippen molar-refractivity contribution < 1.29 is 4.74 Å². The van der Waals surface area contributed by atoms with Gasteiger partial charge in [-0.05, 0) is 22.8 Å². The first-order valence-corrected chi connectivity index (χ1v) is 3.94. The van der Waals surface area contributed by atoms with E-state index in [1.807, 2.05) is 0 Å². The van der Waals surface area contributed by atoms with Crippen LogP contribution in [0.3, 0.4) is 0 Å². The highest BCUT2D eigenvalue weighted by molar-refractivity contribution is 5.42. The molecule has 0 saturated heterocycles. The third-order valence-electron chi connectivity index (χ3n) is 1.45. The van der Waals surface area contributed by atoms with Crippen molar-refractivity contribution >= 4 is 5.69 Å². The Balaban J connectivity index is 2.49. The molecule has 0 unspecified atom stereocenters. The molecular formula is C8H8N4O2. The Morgan fingerprint density at radius 2 is 2.36 bits per heavy atom. The Morgan fingerprint density at radius 1 is 1.50 bits per heavy atom. The lowest BCUT2D eigenvalue weighted by atomic mass is 10.3. The summed E-state index contributed by atoms with van der Waals surface area (Å²) in [5.74, 6) is 0.537. The fraction of sp³-hybridized carbons (Fsp3) is 0.250. The Bertz CT molecular complexity index is 360. The second-order valence-corrected chi connectivity index (χ2v) is 2.39. The maximum absolute atomic E-state index is 10.2. The van der Waals surface area contributed by atoms with Crippen LogP contribution < -0.4 is 4.74 Å². The quantitative estimate of drug-likeness (QED) is 0.236. The van der Waals surface area contributed by atoms with E-state index < -0.39 is 0 Å². The average Bonchev–Trinajstić information content (AvgIpc) is 2.25. The maximum atomic E-state index is 10.2. The van der Waals surface area contributed by atoms with E-state index >= 15 is 0 Å². The molecule has 0 N–H and O–H groups in total. The van der Waals surface area contributed by atoms with Crippen LogP contribution in [0.1, 0.15) is 0 Å². The second kappa shape index (κ2) is 5.55. The van der Waals surface area contributed by atoms with Crippen LogP contribution in [0.5, 0.6) is 5.75 Å². The van der Waals surface area contributed by atoms with Crippen molar-refractivity contribution in [2.45, 2.75) is 0 Å². The normalized spacial score (nSPS) is 8.86. The summed E-state index contributed by atoms with van der Waals surface area (Å²) in [6.07, 6.45) is 0. The number of rotatable bonds is 5. The summed E-state index contributed by atoms with van der Waals surface area (Å²) in [5.41, 5.74) is 8.30. The van der Waals surface area contributed by atoms with Crippen LogP contribution in [-0.4, -0.2) is 13.2 Å². The van der Waals surface area contributed by atoms with E-state index in [0.717, 1.165) is 0 Å². The molecule has 0 amide bonds. The molecular weight excluding hydrogens is 184 g/mol. The second-order valence-electron chi connectivity index (χ2n) is 2.39. The fourth-order valence-corrected chi connectivity index (χ4v) is 0.879. The minimum atomic E-state index is 0.259. The lowest BCUT2D eigenvalue weighted by Crippen LogP contribution is -1.99. The number of nitroso groups, excluding NO2 is 1. The molecule has 0 fully saturated rings. The molecule has 1 aromatic carbocycles. The number of ether oxygens (including phenoxy) is 1. The van der Waals surface area contributed by atoms with E-state index in [2.05, 4.69) is 15.2 Å². The van der Waals surface area contributed by atoms with Gasteiger partial charge in [0.05, 0.1) is 13.2 Å². The molecule has 0 saturated carbocycles. The SMILES string of the molecule is [N-]=[N+]=NCCOc1cccc(N=O)c1. The van der Waals surface area contributed by atoms with Crippen LogP contribution in [0.2, 0.25) is 0 Å². The van der Waals surface area contributed by atoms with Gasteiger partial charge in [0, 0.05) is 11.0 Å². The van der Waals surface area contributed by atoms with Crippen molar-refractivity contribution in [3.8, 4) is 5.75 Å². The third-order valence-corrected chi connectivity index (χ3v) is 1.45. The highest BCUT2D eigenvalue weighted by atomic mass is 16.5. The van der Waals surface area contributed by atoms with Gasteiger partial charge in [-0.1, -0.05) is 11.2 Å². The lowest BCUT2D eigenvalue weighted by molar-refractivity contribution is 0.328. The summed E-state index contributed by atoms with van der Waals surface area (Å²) < 4.78 is 5.19. The first kappa shape index (κ1) is 10.0. The van der Waals surface area contributed by atoms with E-state index in [1.165, 1.54) is 6.07 Å². The fourth-order valence-electron chi connectivity index (χ4n) is 0.879. The number of hydrogen-bond acceptors (Lipinski definition) is 4. The lowest BCUT2D eigenvalue weighted by Gasteiger charge is -2.02. The zero-order valence-corrected chi connectivity index (χ0v) is 7.33. The maximum Gasteiger partial charge on any atom is 0.121 e. The number of azide groups is 1. The van der Waals surface area contributed by atoms with Crippen LogP contribution in [0.25, 0.3) is 10.4 Å². The largest absolute Gasteiger partial charge is 0.493 e. The van der Waals surface area contributed by atoms with Gasteiger partial charge in [-0.25, -0.2) is 0 Å². The summed E-state index contributed by atoms with van der Waals surface area (Å²) >= 11 is 0. The zero-order valence-electron chi connectivity index (χ0n) is 7.33. The molecule has 6 heteroatoms. The molecule has 6 nitrogen and oxygen atoms in total. The topological polar surface area (TPSA) is 87.4 Å². The van der Waals surface area contributed by atoms with Crippen LogP contribution in [-0.2, 0) is 0 Å². The molecule has 72 valence electrons. The number of benzene rings is 1. The van der Waals surface area contributed by atoms with Crippen molar-refractivity contribution in [2.24, 2.45) is 10.3 Å². The predicted octanol–water partition coefficient (Wildman–Crippen LogP) is 2.77. The predicted molar refractivity (Wildman–Crippen MR) is 51.4 cm³/mol. The van der Waals surface area contributed by atoms with Crippen LogP contribution in [0.15, 0.2) is 34.6 Å².